The number of hydrogen-bond acceptors (Lipinski definition) is 4. The second kappa shape index (κ2) is 7.47. The first-order chi connectivity index (χ1) is 12.4. The highest BCUT2D eigenvalue weighted by atomic mass is 35.5. The van der Waals surface area contributed by atoms with Gasteiger partial charge in [-0.2, -0.15) is 5.10 Å². The number of anilines is 1. The predicted octanol–water partition coefficient (Wildman–Crippen LogP) is 2.97. The number of amides is 1. The molecular weight excluding hydrogens is 374 g/mol. The van der Waals surface area contributed by atoms with Gasteiger partial charge < -0.3 is 0 Å². The molecule has 1 N–H and O–H groups in total. The second-order valence-electron chi connectivity index (χ2n) is 5.97. The maximum atomic E-state index is 12.3. The topological polar surface area (TPSA) is 78.8 Å². The van der Waals surface area contributed by atoms with E-state index >= 15 is 0 Å². The second-order valence-corrected chi connectivity index (χ2v) is 7.98. The van der Waals surface area contributed by atoms with Gasteiger partial charge in [-0.05, 0) is 11.6 Å². The van der Waals surface area contributed by atoms with Gasteiger partial charge in [-0.3, -0.25) is 9.52 Å². The van der Waals surface area contributed by atoms with Crippen molar-refractivity contribution < 1.29 is 13.2 Å². The average Bonchev–Trinajstić information content (AvgIpc) is 3.06. The maximum Gasteiger partial charge on any atom is 0.258 e. The van der Waals surface area contributed by atoms with Crippen LogP contribution < -0.4 is 4.72 Å². The molecule has 0 bridgehead atoms. The van der Waals surface area contributed by atoms with Gasteiger partial charge in [0, 0.05) is 12.0 Å². The van der Waals surface area contributed by atoms with E-state index in [0.29, 0.717) is 23.4 Å². The monoisotopic (exact) mass is 391 g/mol. The Morgan fingerprint density at radius 2 is 1.85 bits per heavy atom. The number of benzene rings is 2. The number of alkyl halides is 1. The van der Waals surface area contributed by atoms with Gasteiger partial charge in [0.25, 0.3) is 5.91 Å². The first kappa shape index (κ1) is 18.4. The lowest BCUT2D eigenvalue weighted by molar-refractivity contribution is -0.130. The first-order valence-corrected chi connectivity index (χ1v) is 10.4. The molecule has 1 aliphatic heterocycles. The Kier molecular flexibility index (Phi) is 5.29. The smallest absolute Gasteiger partial charge is 0.258 e. The molecule has 1 amide bonds. The molecule has 136 valence electrons. The van der Waals surface area contributed by atoms with Gasteiger partial charge in [-0.15, -0.1) is 11.6 Å². The minimum absolute atomic E-state index is 0.177. The fourth-order valence-electron chi connectivity index (χ4n) is 2.92. The number of carbonyl (C=O) groups excluding carboxylic acids is 1. The number of nitrogens with one attached hydrogen (secondary N) is 1. The zero-order valence-electron chi connectivity index (χ0n) is 14.1. The van der Waals surface area contributed by atoms with Gasteiger partial charge in [0.15, 0.2) is 0 Å². The molecule has 2 aromatic rings. The summed E-state index contributed by atoms with van der Waals surface area (Å²) in [7, 11) is -3.44. The van der Waals surface area contributed by atoms with E-state index in [1.54, 1.807) is 24.3 Å². The van der Waals surface area contributed by atoms with E-state index in [4.69, 9.17) is 11.6 Å². The molecule has 0 radical (unpaired) electrons. The Bertz CT molecular complexity index is 945. The summed E-state index contributed by atoms with van der Waals surface area (Å²) in [6.45, 7) is 0. The van der Waals surface area contributed by atoms with Crippen molar-refractivity contribution in [1.82, 2.24) is 5.01 Å². The molecule has 1 heterocycles. The third-order valence-corrected chi connectivity index (χ3v) is 4.82. The molecule has 0 spiro atoms. The molecule has 0 unspecified atom stereocenters. The van der Waals surface area contributed by atoms with Crippen molar-refractivity contribution in [3.05, 3.63) is 65.7 Å². The fourth-order valence-corrected chi connectivity index (χ4v) is 3.62. The molecule has 3 rings (SSSR count). The SMILES string of the molecule is CS(=O)(=O)Nc1ccccc1C1=NN(C(=O)CCl)[C@H](c2ccccc2)C1. The van der Waals surface area contributed by atoms with E-state index in [9.17, 15) is 13.2 Å². The number of rotatable bonds is 5. The highest BCUT2D eigenvalue weighted by Gasteiger charge is 2.33. The molecule has 2 aromatic carbocycles. The van der Waals surface area contributed by atoms with Crippen LogP contribution >= 0.6 is 11.6 Å². The summed E-state index contributed by atoms with van der Waals surface area (Å²) in [5.41, 5.74) is 2.65. The van der Waals surface area contributed by atoms with Crippen molar-refractivity contribution in [2.75, 3.05) is 16.9 Å². The van der Waals surface area contributed by atoms with Crippen LogP contribution in [0, 0.1) is 0 Å². The quantitative estimate of drug-likeness (QED) is 0.796. The summed E-state index contributed by atoms with van der Waals surface area (Å²) in [4.78, 5) is 12.3. The van der Waals surface area contributed by atoms with Gasteiger partial charge in [0.05, 0.1) is 23.7 Å². The molecule has 0 aliphatic carbocycles. The number of carbonyl (C=O) groups is 1. The largest absolute Gasteiger partial charge is 0.283 e. The Morgan fingerprint density at radius 1 is 1.19 bits per heavy atom. The minimum atomic E-state index is -3.44. The van der Waals surface area contributed by atoms with Crippen molar-refractivity contribution in [1.29, 1.82) is 0 Å². The van der Waals surface area contributed by atoms with E-state index in [1.165, 1.54) is 5.01 Å². The zero-order valence-corrected chi connectivity index (χ0v) is 15.7. The molecule has 8 heteroatoms. The highest BCUT2D eigenvalue weighted by Crippen LogP contribution is 2.34. The molecule has 0 saturated carbocycles. The van der Waals surface area contributed by atoms with Crippen molar-refractivity contribution in [2.24, 2.45) is 5.10 Å². The van der Waals surface area contributed by atoms with E-state index in [-0.39, 0.29) is 17.8 Å². The highest BCUT2D eigenvalue weighted by molar-refractivity contribution is 7.92. The molecule has 0 fully saturated rings. The summed E-state index contributed by atoms with van der Waals surface area (Å²) >= 11 is 5.74. The van der Waals surface area contributed by atoms with Crippen molar-refractivity contribution in [2.45, 2.75) is 12.5 Å². The Hall–Kier alpha value is -2.38. The summed E-state index contributed by atoms with van der Waals surface area (Å²) < 4.78 is 25.8. The summed E-state index contributed by atoms with van der Waals surface area (Å²) in [6.07, 6.45) is 1.56. The van der Waals surface area contributed by atoms with E-state index in [1.807, 2.05) is 30.3 Å². The predicted molar refractivity (Wildman–Crippen MR) is 103 cm³/mol. The van der Waals surface area contributed by atoms with Crippen LogP contribution in [0.5, 0.6) is 0 Å². The van der Waals surface area contributed by atoms with Gasteiger partial charge in [-0.25, -0.2) is 13.4 Å². The van der Waals surface area contributed by atoms with Crippen molar-refractivity contribution in [3.8, 4) is 0 Å². The zero-order chi connectivity index (χ0) is 18.7. The standard InChI is InChI=1S/C18H18ClN3O3S/c1-26(24,25)21-15-10-6-5-9-14(15)16-11-17(13-7-3-2-4-8-13)22(20-16)18(23)12-19/h2-10,17,21H,11-12H2,1H3/t17-/m0/s1. The number of sulfonamides is 1. The van der Waals surface area contributed by atoms with Crippen LogP contribution in [0.4, 0.5) is 5.69 Å². The normalized spacial score (nSPS) is 17.1. The van der Waals surface area contributed by atoms with E-state index in [2.05, 4.69) is 9.82 Å². The molecule has 0 saturated heterocycles. The molecule has 1 atom stereocenters. The maximum absolute atomic E-state index is 12.3. The number of para-hydroxylation sites is 1. The lowest BCUT2D eigenvalue weighted by Crippen LogP contribution is -2.27. The Balaban J connectivity index is 2.00. The van der Waals surface area contributed by atoms with E-state index in [0.717, 1.165) is 11.8 Å². The molecule has 1 aliphatic rings. The van der Waals surface area contributed by atoms with Crippen LogP contribution in [0.2, 0.25) is 0 Å². The van der Waals surface area contributed by atoms with Gasteiger partial charge in [0.2, 0.25) is 10.0 Å². The molecule has 26 heavy (non-hydrogen) atoms. The molecular formula is C18H18ClN3O3S. The van der Waals surface area contributed by atoms with Crippen molar-refractivity contribution in [3.63, 3.8) is 0 Å². The van der Waals surface area contributed by atoms with E-state index < -0.39 is 10.0 Å². The first-order valence-electron chi connectivity index (χ1n) is 7.96. The van der Waals surface area contributed by atoms with Gasteiger partial charge >= 0.3 is 0 Å². The lowest BCUT2D eigenvalue weighted by atomic mass is 9.98. The Morgan fingerprint density at radius 3 is 2.50 bits per heavy atom. The summed E-state index contributed by atoms with van der Waals surface area (Å²) in [6, 6.07) is 16.3. The van der Waals surface area contributed by atoms with Crippen molar-refractivity contribution >= 4 is 38.9 Å². The Labute approximate surface area is 157 Å². The summed E-state index contributed by atoms with van der Waals surface area (Å²) in [5.74, 6) is -0.479. The van der Waals surface area contributed by atoms with Crippen LogP contribution in [0.25, 0.3) is 0 Å². The third kappa shape index (κ3) is 4.05. The fraction of sp³-hybridized carbons (Fsp3) is 0.222. The third-order valence-electron chi connectivity index (χ3n) is 4.00. The van der Waals surface area contributed by atoms with Crippen LogP contribution in [0.1, 0.15) is 23.6 Å². The lowest BCUT2D eigenvalue weighted by Gasteiger charge is -2.21. The number of hydrazone groups is 1. The number of hydrogen-bond donors (Lipinski definition) is 1. The van der Waals surface area contributed by atoms with Crippen LogP contribution in [0.3, 0.4) is 0 Å². The molecule has 6 nitrogen and oxygen atoms in total. The average molecular weight is 392 g/mol. The number of halogens is 1. The summed E-state index contributed by atoms with van der Waals surface area (Å²) in [5, 5.41) is 5.84. The van der Waals surface area contributed by atoms with Crippen LogP contribution in [-0.4, -0.2) is 37.2 Å². The molecule has 0 aromatic heterocycles. The number of nitrogens with zero attached hydrogens (tertiary/aromatic N) is 2. The van der Waals surface area contributed by atoms with Crippen LogP contribution in [0.15, 0.2) is 59.7 Å². The van der Waals surface area contributed by atoms with Gasteiger partial charge in [0.1, 0.15) is 5.88 Å². The minimum Gasteiger partial charge on any atom is -0.283 e. The van der Waals surface area contributed by atoms with Gasteiger partial charge in [-0.1, -0.05) is 48.5 Å². The van der Waals surface area contributed by atoms with Crippen LogP contribution in [-0.2, 0) is 14.8 Å².